The largest absolute Gasteiger partial charge is 0.330 e. The van der Waals surface area contributed by atoms with Crippen LogP contribution in [0.1, 0.15) is 32.6 Å². The van der Waals surface area contributed by atoms with E-state index in [1.54, 1.807) is 6.92 Å². The van der Waals surface area contributed by atoms with Crippen LogP contribution in [-0.2, 0) is 16.3 Å². The maximum absolute atomic E-state index is 8.87. The summed E-state index contributed by atoms with van der Waals surface area (Å²) in [5, 5.41) is 3.00. The van der Waals surface area contributed by atoms with Crippen molar-refractivity contribution in [3.05, 3.63) is 0 Å². The van der Waals surface area contributed by atoms with Crippen molar-refractivity contribution in [3.63, 3.8) is 0 Å². The predicted octanol–water partition coefficient (Wildman–Crippen LogP) is 0.667. The number of hydrogen-bond acceptors (Lipinski definition) is 4. The van der Waals surface area contributed by atoms with Gasteiger partial charge < -0.3 is 15.5 Å². The molecule has 7 heteroatoms. The summed E-state index contributed by atoms with van der Waals surface area (Å²) in [6, 6.07) is 0. The standard InChI is InChI=1S/C8H21N2O3PS/c1-8(13-14(11,12)15)10-7-5-3-2-4-6-9/h8,10H,2-7,9H2,1H3,(H2,11,12,15). The molecular weight excluding hydrogens is 235 g/mol. The highest BCUT2D eigenvalue weighted by molar-refractivity contribution is 8.06. The van der Waals surface area contributed by atoms with Crippen LogP contribution < -0.4 is 11.1 Å². The van der Waals surface area contributed by atoms with Crippen LogP contribution in [0, 0.1) is 0 Å². The summed E-state index contributed by atoms with van der Waals surface area (Å²) in [6.45, 7) is -0.312. The predicted molar refractivity (Wildman–Crippen MR) is 64.8 cm³/mol. The van der Waals surface area contributed by atoms with Crippen molar-refractivity contribution in [2.45, 2.75) is 38.8 Å². The van der Waals surface area contributed by atoms with Gasteiger partial charge in [-0.15, -0.1) is 0 Å². The Hall–Kier alpha value is 0.450. The fourth-order valence-corrected chi connectivity index (χ4v) is 2.05. The van der Waals surface area contributed by atoms with Crippen LogP contribution >= 0.6 is 6.72 Å². The molecule has 0 rings (SSSR count). The lowest BCUT2D eigenvalue weighted by atomic mass is 10.2. The summed E-state index contributed by atoms with van der Waals surface area (Å²) >= 11 is 4.34. The molecule has 0 bridgehead atoms. The Kier molecular flexibility index (Phi) is 8.84. The van der Waals surface area contributed by atoms with Crippen LogP contribution in [0.2, 0.25) is 0 Å². The molecule has 1 atom stereocenters. The summed E-state index contributed by atoms with van der Waals surface area (Å²) in [6.07, 6.45) is 3.91. The molecule has 0 aliphatic carbocycles. The fourth-order valence-electron chi connectivity index (χ4n) is 1.17. The summed E-state index contributed by atoms with van der Waals surface area (Å²) in [5.74, 6) is 0. The molecule has 5 N–H and O–H groups in total. The molecule has 0 heterocycles. The van der Waals surface area contributed by atoms with E-state index in [-0.39, 0.29) is 0 Å². The van der Waals surface area contributed by atoms with Crippen molar-refractivity contribution in [2.24, 2.45) is 5.73 Å². The lowest BCUT2D eigenvalue weighted by molar-refractivity contribution is 0.153. The van der Waals surface area contributed by atoms with E-state index >= 15 is 0 Å². The average molecular weight is 256 g/mol. The van der Waals surface area contributed by atoms with Crippen LogP contribution in [0.4, 0.5) is 0 Å². The molecule has 0 aliphatic heterocycles. The van der Waals surface area contributed by atoms with E-state index in [0.717, 1.165) is 38.8 Å². The SMILES string of the molecule is CC(NCCCCCCN)OP(O)(O)=S. The Balaban J connectivity index is 3.32. The van der Waals surface area contributed by atoms with Crippen molar-refractivity contribution in [1.29, 1.82) is 0 Å². The molecule has 0 aliphatic rings. The zero-order valence-corrected chi connectivity index (χ0v) is 10.8. The molecule has 1 unspecified atom stereocenters. The number of nitrogens with one attached hydrogen (secondary N) is 1. The Labute approximate surface area is 96.3 Å². The summed E-state index contributed by atoms with van der Waals surface area (Å²) in [5.41, 5.74) is 5.36. The van der Waals surface area contributed by atoms with Crippen molar-refractivity contribution < 1.29 is 14.3 Å². The smallest absolute Gasteiger partial charge is 0.323 e. The van der Waals surface area contributed by atoms with Gasteiger partial charge in [0.2, 0.25) is 0 Å². The highest BCUT2D eigenvalue weighted by Gasteiger charge is 2.12. The second-order valence-corrected chi connectivity index (χ2v) is 6.01. The molecule has 0 aromatic carbocycles. The number of unbranched alkanes of at least 4 members (excludes halogenated alkanes) is 3. The van der Waals surface area contributed by atoms with Crippen molar-refractivity contribution in [2.75, 3.05) is 13.1 Å². The Morgan fingerprint density at radius 1 is 1.33 bits per heavy atom. The molecule has 0 radical (unpaired) electrons. The van der Waals surface area contributed by atoms with Crippen LogP contribution in [0.3, 0.4) is 0 Å². The van der Waals surface area contributed by atoms with Crippen LogP contribution in [0.5, 0.6) is 0 Å². The van der Waals surface area contributed by atoms with Gasteiger partial charge in [0, 0.05) is 0 Å². The highest BCUT2D eigenvalue weighted by Crippen LogP contribution is 2.37. The van der Waals surface area contributed by atoms with E-state index in [1.165, 1.54) is 0 Å². The molecule has 0 amide bonds. The van der Waals surface area contributed by atoms with Gasteiger partial charge in [0.05, 0.1) is 0 Å². The maximum atomic E-state index is 8.87. The van der Waals surface area contributed by atoms with E-state index in [1.807, 2.05) is 0 Å². The van der Waals surface area contributed by atoms with Crippen molar-refractivity contribution in [1.82, 2.24) is 5.32 Å². The number of nitrogens with two attached hydrogens (primary N) is 1. The Morgan fingerprint density at radius 2 is 1.93 bits per heavy atom. The van der Waals surface area contributed by atoms with Gasteiger partial charge in [-0.2, -0.15) is 0 Å². The van der Waals surface area contributed by atoms with Crippen LogP contribution in [-0.4, -0.2) is 29.1 Å². The Bertz CT molecular complexity index is 200. The first-order valence-corrected chi connectivity index (χ1v) is 7.75. The molecule has 0 aromatic heterocycles. The zero-order valence-electron chi connectivity index (χ0n) is 9.06. The minimum atomic E-state index is -3.53. The molecule has 0 saturated heterocycles. The van der Waals surface area contributed by atoms with Crippen molar-refractivity contribution in [3.8, 4) is 0 Å². The third-order valence-electron chi connectivity index (χ3n) is 1.86. The molecule has 0 aromatic rings. The molecule has 15 heavy (non-hydrogen) atoms. The third-order valence-corrected chi connectivity index (χ3v) is 2.71. The second kappa shape index (κ2) is 8.58. The lowest BCUT2D eigenvalue weighted by Gasteiger charge is -2.17. The van der Waals surface area contributed by atoms with E-state index in [0.29, 0.717) is 0 Å². The van der Waals surface area contributed by atoms with Gasteiger partial charge in [0.25, 0.3) is 0 Å². The number of hydrogen-bond donors (Lipinski definition) is 4. The van der Waals surface area contributed by atoms with Gasteiger partial charge in [-0.3, -0.25) is 9.84 Å². The molecule has 92 valence electrons. The van der Waals surface area contributed by atoms with Gasteiger partial charge in [0.1, 0.15) is 6.23 Å². The Morgan fingerprint density at radius 3 is 2.47 bits per heavy atom. The van der Waals surface area contributed by atoms with E-state index in [2.05, 4.69) is 17.1 Å². The van der Waals surface area contributed by atoms with E-state index < -0.39 is 12.9 Å². The van der Waals surface area contributed by atoms with Crippen molar-refractivity contribution >= 4 is 18.5 Å². The molecule has 0 spiro atoms. The third kappa shape index (κ3) is 12.4. The minimum absolute atomic E-state index is 0.416. The number of rotatable bonds is 9. The topological polar surface area (TPSA) is 87.7 Å². The molecule has 0 fully saturated rings. The molecular formula is C8H21N2O3PS. The van der Waals surface area contributed by atoms with Gasteiger partial charge in [-0.05, 0) is 44.7 Å². The molecule has 5 nitrogen and oxygen atoms in total. The lowest BCUT2D eigenvalue weighted by Crippen LogP contribution is -2.28. The minimum Gasteiger partial charge on any atom is -0.330 e. The summed E-state index contributed by atoms with van der Waals surface area (Å²) < 4.78 is 4.77. The van der Waals surface area contributed by atoms with Gasteiger partial charge in [0.15, 0.2) is 0 Å². The van der Waals surface area contributed by atoms with E-state index in [9.17, 15) is 0 Å². The highest BCUT2D eigenvalue weighted by atomic mass is 32.5. The van der Waals surface area contributed by atoms with Gasteiger partial charge in [-0.1, -0.05) is 12.8 Å². The maximum Gasteiger partial charge on any atom is 0.323 e. The quantitative estimate of drug-likeness (QED) is 0.275. The van der Waals surface area contributed by atoms with Crippen LogP contribution in [0.15, 0.2) is 0 Å². The fraction of sp³-hybridized carbons (Fsp3) is 1.00. The van der Waals surface area contributed by atoms with Gasteiger partial charge >= 0.3 is 6.72 Å². The summed E-state index contributed by atoms with van der Waals surface area (Å²) in [7, 11) is 0. The monoisotopic (exact) mass is 256 g/mol. The first-order valence-electron chi connectivity index (χ1n) is 5.13. The van der Waals surface area contributed by atoms with Crippen LogP contribution in [0.25, 0.3) is 0 Å². The first-order chi connectivity index (χ1) is 6.95. The average Bonchev–Trinajstić information content (AvgIpc) is 2.08. The normalized spacial score (nSPS) is 14.1. The zero-order chi connectivity index (χ0) is 11.7. The second-order valence-electron chi connectivity index (χ2n) is 3.40. The molecule has 0 saturated carbocycles. The first kappa shape index (κ1) is 15.4. The van der Waals surface area contributed by atoms with Gasteiger partial charge in [-0.25, -0.2) is 0 Å². The summed E-state index contributed by atoms with van der Waals surface area (Å²) in [4.78, 5) is 17.7. The van der Waals surface area contributed by atoms with E-state index in [4.69, 9.17) is 20.0 Å².